The number of hydrogen-bond donors (Lipinski definition) is 2. The van der Waals surface area contributed by atoms with Gasteiger partial charge in [-0.1, -0.05) is 20.8 Å². The lowest BCUT2D eigenvalue weighted by Gasteiger charge is -2.13. The van der Waals surface area contributed by atoms with Gasteiger partial charge >= 0.3 is 0 Å². The van der Waals surface area contributed by atoms with Crippen molar-refractivity contribution in [3.63, 3.8) is 0 Å². The Kier molecular flexibility index (Phi) is 3.97. The van der Waals surface area contributed by atoms with Gasteiger partial charge in [-0.2, -0.15) is 5.10 Å². The van der Waals surface area contributed by atoms with Crippen LogP contribution in [0.1, 0.15) is 32.2 Å². The van der Waals surface area contributed by atoms with Gasteiger partial charge in [0.05, 0.1) is 17.2 Å². The topological polar surface area (TPSA) is 75.6 Å². The first-order valence-electron chi connectivity index (χ1n) is 7.79. The predicted octanol–water partition coefficient (Wildman–Crippen LogP) is 3.25. The van der Waals surface area contributed by atoms with Crippen LogP contribution in [-0.4, -0.2) is 25.7 Å². The summed E-state index contributed by atoms with van der Waals surface area (Å²) >= 11 is 0. The van der Waals surface area contributed by atoms with Crippen LogP contribution in [0, 0.1) is 0 Å². The molecule has 0 bridgehead atoms. The molecule has 0 saturated carbocycles. The number of aromatic amines is 1. The summed E-state index contributed by atoms with van der Waals surface area (Å²) < 4.78 is 1.69. The number of benzene rings is 1. The lowest BCUT2D eigenvalue weighted by molar-refractivity contribution is -0.111. The summed E-state index contributed by atoms with van der Waals surface area (Å²) in [7, 11) is 1.84. The number of H-pyrrole nitrogens is 1. The van der Waals surface area contributed by atoms with Crippen LogP contribution < -0.4 is 5.32 Å². The van der Waals surface area contributed by atoms with Gasteiger partial charge in [-0.3, -0.25) is 9.48 Å². The number of nitrogens with one attached hydrogen (secondary N) is 2. The highest BCUT2D eigenvalue weighted by atomic mass is 16.1. The zero-order valence-corrected chi connectivity index (χ0v) is 14.3. The molecule has 1 amide bonds. The smallest absolute Gasteiger partial charge is 0.248 e. The second kappa shape index (κ2) is 5.96. The quantitative estimate of drug-likeness (QED) is 0.727. The van der Waals surface area contributed by atoms with E-state index in [1.54, 1.807) is 17.0 Å². The van der Waals surface area contributed by atoms with Crippen molar-refractivity contribution < 1.29 is 4.79 Å². The maximum atomic E-state index is 12.0. The summed E-state index contributed by atoms with van der Waals surface area (Å²) in [5.41, 5.74) is 3.37. The van der Waals surface area contributed by atoms with Crippen molar-refractivity contribution >= 4 is 28.7 Å². The number of imidazole rings is 1. The van der Waals surface area contributed by atoms with Crippen LogP contribution in [0.5, 0.6) is 0 Å². The molecule has 0 saturated heterocycles. The van der Waals surface area contributed by atoms with Gasteiger partial charge in [-0.05, 0) is 24.3 Å². The molecule has 0 atom stereocenters. The first-order chi connectivity index (χ1) is 11.3. The van der Waals surface area contributed by atoms with E-state index in [1.165, 1.54) is 6.08 Å². The van der Waals surface area contributed by atoms with E-state index in [0.717, 1.165) is 28.1 Å². The number of carbonyl (C=O) groups excluding carboxylic acids is 1. The summed E-state index contributed by atoms with van der Waals surface area (Å²) in [5.74, 6) is 0.742. The van der Waals surface area contributed by atoms with Gasteiger partial charge < -0.3 is 10.3 Å². The van der Waals surface area contributed by atoms with E-state index in [9.17, 15) is 4.79 Å². The van der Waals surface area contributed by atoms with Crippen molar-refractivity contribution in [2.24, 2.45) is 7.05 Å². The number of nitrogens with zero attached hydrogens (tertiary/aromatic N) is 3. The second-order valence-corrected chi connectivity index (χ2v) is 6.84. The number of aromatic nitrogens is 4. The summed E-state index contributed by atoms with van der Waals surface area (Å²) in [6.07, 6.45) is 6.77. The zero-order chi connectivity index (χ0) is 17.3. The van der Waals surface area contributed by atoms with Gasteiger partial charge in [0.1, 0.15) is 5.82 Å². The number of amides is 1. The summed E-state index contributed by atoms with van der Waals surface area (Å²) in [4.78, 5) is 20.0. The Hall–Kier alpha value is -2.89. The molecule has 0 unspecified atom stereocenters. The Labute approximate surface area is 140 Å². The molecule has 0 aliphatic carbocycles. The van der Waals surface area contributed by atoms with Crippen LogP contribution >= 0.6 is 0 Å². The van der Waals surface area contributed by atoms with Crippen molar-refractivity contribution in [3.8, 4) is 0 Å². The largest absolute Gasteiger partial charge is 0.341 e. The van der Waals surface area contributed by atoms with Crippen LogP contribution in [0.3, 0.4) is 0 Å². The molecule has 6 nitrogen and oxygen atoms in total. The van der Waals surface area contributed by atoms with E-state index in [0.29, 0.717) is 0 Å². The molecule has 1 aromatic carbocycles. The standard InChI is InChI=1S/C18H21N5O/c1-18(2,3)17-21-14-7-6-13(9-15(14)22-17)20-16(24)8-5-12-10-19-23(4)11-12/h5-11H,1-4H3,(H,20,24)(H,21,22). The van der Waals surface area contributed by atoms with E-state index in [4.69, 9.17) is 0 Å². The van der Waals surface area contributed by atoms with Gasteiger partial charge in [0, 0.05) is 36.0 Å². The molecule has 0 fully saturated rings. The maximum absolute atomic E-state index is 12.0. The van der Waals surface area contributed by atoms with Crippen molar-refractivity contribution in [1.29, 1.82) is 0 Å². The highest BCUT2D eigenvalue weighted by Crippen LogP contribution is 2.24. The summed E-state index contributed by atoms with van der Waals surface area (Å²) in [6, 6.07) is 5.65. The van der Waals surface area contributed by atoms with E-state index in [2.05, 4.69) is 41.2 Å². The van der Waals surface area contributed by atoms with Crippen molar-refractivity contribution in [2.75, 3.05) is 5.32 Å². The van der Waals surface area contributed by atoms with Gasteiger partial charge in [-0.15, -0.1) is 0 Å². The van der Waals surface area contributed by atoms with Crippen LogP contribution in [0.15, 0.2) is 36.7 Å². The Morgan fingerprint density at radius 1 is 1.33 bits per heavy atom. The van der Waals surface area contributed by atoms with E-state index in [1.807, 2.05) is 31.4 Å². The lowest BCUT2D eigenvalue weighted by atomic mass is 9.96. The predicted molar refractivity (Wildman–Crippen MR) is 95.7 cm³/mol. The molecule has 124 valence electrons. The molecule has 2 heterocycles. The first kappa shape index (κ1) is 16.0. The normalized spacial score (nSPS) is 12.2. The average Bonchev–Trinajstić information content (AvgIpc) is 3.10. The monoisotopic (exact) mass is 323 g/mol. The molecule has 3 aromatic rings. The molecule has 2 N–H and O–H groups in total. The Bertz CT molecular complexity index is 911. The first-order valence-corrected chi connectivity index (χ1v) is 7.79. The number of fused-ring (bicyclic) bond motifs is 1. The van der Waals surface area contributed by atoms with Crippen LogP contribution in [0.2, 0.25) is 0 Å². The lowest BCUT2D eigenvalue weighted by Crippen LogP contribution is -2.12. The Balaban J connectivity index is 1.75. The van der Waals surface area contributed by atoms with Gasteiger partial charge in [-0.25, -0.2) is 4.98 Å². The molecule has 0 aliphatic heterocycles. The fourth-order valence-electron chi connectivity index (χ4n) is 2.32. The molecule has 2 aromatic heterocycles. The zero-order valence-electron chi connectivity index (χ0n) is 14.3. The maximum Gasteiger partial charge on any atom is 0.248 e. The molecule has 3 rings (SSSR count). The minimum atomic E-state index is -0.186. The molecular weight excluding hydrogens is 302 g/mol. The molecule has 0 radical (unpaired) electrons. The average molecular weight is 323 g/mol. The van der Waals surface area contributed by atoms with Crippen molar-refractivity contribution in [2.45, 2.75) is 26.2 Å². The number of carbonyl (C=O) groups is 1. The Morgan fingerprint density at radius 3 is 2.79 bits per heavy atom. The fraction of sp³-hybridized carbons (Fsp3) is 0.278. The van der Waals surface area contributed by atoms with Crippen LogP contribution in [-0.2, 0) is 17.3 Å². The number of anilines is 1. The van der Waals surface area contributed by atoms with Gasteiger partial charge in [0.15, 0.2) is 0 Å². The number of hydrogen-bond acceptors (Lipinski definition) is 3. The van der Waals surface area contributed by atoms with Crippen molar-refractivity contribution in [3.05, 3.63) is 48.1 Å². The van der Waals surface area contributed by atoms with Crippen molar-refractivity contribution in [1.82, 2.24) is 19.7 Å². The van der Waals surface area contributed by atoms with E-state index >= 15 is 0 Å². The third kappa shape index (κ3) is 3.53. The second-order valence-electron chi connectivity index (χ2n) is 6.84. The fourth-order valence-corrected chi connectivity index (χ4v) is 2.32. The van der Waals surface area contributed by atoms with Gasteiger partial charge in [0.25, 0.3) is 0 Å². The highest BCUT2D eigenvalue weighted by molar-refractivity contribution is 6.02. The van der Waals surface area contributed by atoms with Crippen LogP contribution in [0.4, 0.5) is 5.69 Å². The number of rotatable bonds is 3. The molecule has 0 spiro atoms. The summed E-state index contributed by atoms with van der Waals surface area (Å²) in [5, 5.41) is 6.92. The molecule has 24 heavy (non-hydrogen) atoms. The molecule has 0 aliphatic rings. The van der Waals surface area contributed by atoms with E-state index < -0.39 is 0 Å². The molecule has 6 heteroatoms. The SMILES string of the molecule is Cn1cc(C=CC(=O)Nc2ccc3nc(C(C)(C)C)[nH]c3c2)cn1. The van der Waals surface area contributed by atoms with Crippen LogP contribution in [0.25, 0.3) is 17.1 Å². The third-order valence-electron chi connectivity index (χ3n) is 3.61. The molecular formula is C18H21N5O. The minimum Gasteiger partial charge on any atom is -0.341 e. The van der Waals surface area contributed by atoms with Gasteiger partial charge in [0.2, 0.25) is 5.91 Å². The minimum absolute atomic E-state index is 0.0467. The third-order valence-corrected chi connectivity index (χ3v) is 3.61. The van der Waals surface area contributed by atoms with E-state index in [-0.39, 0.29) is 11.3 Å². The Morgan fingerprint density at radius 2 is 2.12 bits per heavy atom. The highest BCUT2D eigenvalue weighted by Gasteiger charge is 2.18. The number of aryl methyl sites for hydroxylation is 1. The summed E-state index contributed by atoms with van der Waals surface area (Å²) in [6.45, 7) is 6.32.